The van der Waals surface area contributed by atoms with Crippen LogP contribution in [-0.4, -0.2) is 18.5 Å². The molecule has 0 aliphatic heterocycles. The topological polar surface area (TPSA) is 55.1 Å². The van der Waals surface area contributed by atoms with E-state index in [-0.39, 0.29) is 11.9 Å². The van der Waals surface area contributed by atoms with E-state index >= 15 is 0 Å². The van der Waals surface area contributed by atoms with Crippen LogP contribution in [0.3, 0.4) is 0 Å². The Labute approximate surface area is 86.4 Å². The van der Waals surface area contributed by atoms with Gasteiger partial charge in [-0.3, -0.25) is 4.79 Å². The molecule has 0 aromatic rings. The highest BCUT2D eigenvalue weighted by atomic mass is 16.2. The van der Waals surface area contributed by atoms with E-state index < -0.39 is 0 Å². The average molecular weight is 198 g/mol. The summed E-state index contributed by atoms with van der Waals surface area (Å²) in [6.07, 6.45) is 5.42. The first kappa shape index (κ1) is 11.5. The van der Waals surface area contributed by atoms with Crippen LogP contribution in [0.1, 0.15) is 46.0 Å². The van der Waals surface area contributed by atoms with Crippen molar-refractivity contribution in [3.05, 3.63) is 0 Å². The predicted octanol–water partition coefficient (Wildman–Crippen LogP) is 1.42. The third kappa shape index (κ3) is 2.98. The van der Waals surface area contributed by atoms with Crippen molar-refractivity contribution in [2.45, 2.75) is 52.0 Å². The minimum absolute atomic E-state index is 0.0200. The van der Waals surface area contributed by atoms with Gasteiger partial charge in [0.15, 0.2) is 0 Å². The lowest BCUT2D eigenvalue weighted by Crippen LogP contribution is -2.42. The number of hydrogen-bond acceptors (Lipinski definition) is 2. The van der Waals surface area contributed by atoms with E-state index in [2.05, 4.69) is 12.2 Å². The quantitative estimate of drug-likeness (QED) is 0.678. The maximum atomic E-state index is 11.5. The van der Waals surface area contributed by atoms with Crippen molar-refractivity contribution in [1.82, 2.24) is 5.32 Å². The van der Waals surface area contributed by atoms with Gasteiger partial charge in [0.25, 0.3) is 0 Å². The van der Waals surface area contributed by atoms with Gasteiger partial charge in [-0.1, -0.05) is 20.3 Å². The summed E-state index contributed by atoms with van der Waals surface area (Å²) in [7, 11) is 0. The number of nitrogens with one attached hydrogen (secondary N) is 1. The van der Waals surface area contributed by atoms with Crippen molar-refractivity contribution in [1.29, 1.82) is 0 Å². The average Bonchev–Trinajstić information content (AvgIpc) is 2.95. The smallest absolute Gasteiger partial charge is 0.236 e. The highest BCUT2D eigenvalue weighted by Crippen LogP contribution is 2.47. The first-order valence-corrected chi connectivity index (χ1v) is 5.67. The number of rotatable bonds is 6. The zero-order valence-electron chi connectivity index (χ0n) is 9.31. The second-order valence-corrected chi connectivity index (χ2v) is 4.47. The van der Waals surface area contributed by atoms with Gasteiger partial charge in [-0.05, 0) is 31.1 Å². The molecule has 1 rings (SSSR count). The number of hydrogen-bond donors (Lipinski definition) is 2. The molecule has 0 aromatic carbocycles. The Balaban J connectivity index is 2.20. The van der Waals surface area contributed by atoms with Gasteiger partial charge in [-0.25, -0.2) is 0 Å². The summed E-state index contributed by atoms with van der Waals surface area (Å²) in [6.45, 7) is 5.05. The maximum absolute atomic E-state index is 11.5. The molecule has 14 heavy (non-hydrogen) atoms. The molecule has 0 spiro atoms. The molecule has 1 atom stereocenters. The van der Waals surface area contributed by atoms with E-state index in [1.807, 2.05) is 6.92 Å². The molecule has 82 valence electrons. The Bertz CT molecular complexity index is 199. The maximum Gasteiger partial charge on any atom is 0.236 e. The summed E-state index contributed by atoms with van der Waals surface area (Å²) in [6, 6.07) is -0.312. The van der Waals surface area contributed by atoms with Gasteiger partial charge in [0.1, 0.15) is 0 Å². The fourth-order valence-corrected chi connectivity index (χ4v) is 1.68. The van der Waals surface area contributed by atoms with Gasteiger partial charge >= 0.3 is 0 Å². The molecule has 1 fully saturated rings. The van der Waals surface area contributed by atoms with Crippen LogP contribution in [0.15, 0.2) is 0 Å². The van der Waals surface area contributed by atoms with E-state index in [1.54, 1.807) is 0 Å². The normalized spacial score (nSPS) is 20.2. The third-order valence-corrected chi connectivity index (χ3v) is 3.28. The van der Waals surface area contributed by atoms with E-state index in [0.29, 0.717) is 5.41 Å². The van der Waals surface area contributed by atoms with E-state index in [9.17, 15) is 4.79 Å². The molecule has 1 amide bonds. The number of nitrogens with two attached hydrogens (primary N) is 1. The predicted molar refractivity (Wildman–Crippen MR) is 57.9 cm³/mol. The molecule has 3 heteroatoms. The molecular formula is C11H22N2O. The highest BCUT2D eigenvalue weighted by Gasteiger charge is 2.40. The summed E-state index contributed by atoms with van der Waals surface area (Å²) in [5, 5.41) is 2.96. The van der Waals surface area contributed by atoms with E-state index in [1.165, 1.54) is 12.8 Å². The molecule has 0 heterocycles. The minimum Gasteiger partial charge on any atom is -0.354 e. The summed E-state index contributed by atoms with van der Waals surface area (Å²) >= 11 is 0. The van der Waals surface area contributed by atoms with Gasteiger partial charge in [0.2, 0.25) is 5.91 Å². The highest BCUT2D eigenvalue weighted by molar-refractivity contribution is 5.81. The molecule has 3 nitrogen and oxygen atoms in total. The second-order valence-electron chi connectivity index (χ2n) is 4.47. The fraction of sp³-hybridized carbons (Fsp3) is 0.909. The van der Waals surface area contributed by atoms with Crippen molar-refractivity contribution >= 4 is 5.91 Å². The SMILES string of the molecule is CCC[C@H](N)C(=O)NCC1(CC)CC1. The largest absolute Gasteiger partial charge is 0.354 e. The Morgan fingerprint density at radius 3 is 2.57 bits per heavy atom. The summed E-state index contributed by atoms with van der Waals surface area (Å²) < 4.78 is 0. The molecule has 0 bridgehead atoms. The number of carbonyl (C=O) groups is 1. The first-order valence-electron chi connectivity index (χ1n) is 5.67. The monoisotopic (exact) mass is 198 g/mol. The summed E-state index contributed by atoms with van der Waals surface area (Å²) in [4.78, 5) is 11.5. The summed E-state index contributed by atoms with van der Waals surface area (Å²) in [5.74, 6) is 0.0200. The minimum atomic E-state index is -0.312. The van der Waals surface area contributed by atoms with E-state index in [4.69, 9.17) is 5.73 Å². The molecule has 1 aliphatic rings. The van der Waals surface area contributed by atoms with Crippen molar-refractivity contribution in [2.24, 2.45) is 11.1 Å². The second kappa shape index (κ2) is 4.78. The van der Waals surface area contributed by atoms with Gasteiger partial charge in [0, 0.05) is 6.54 Å². The fourth-order valence-electron chi connectivity index (χ4n) is 1.68. The van der Waals surface area contributed by atoms with Gasteiger partial charge < -0.3 is 11.1 Å². The van der Waals surface area contributed by atoms with Gasteiger partial charge in [-0.2, -0.15) is 0 Å². The molecule has 0 saturated heterocycles. The Kier molecular flexibility index (Phi) is 3.93. The van der Waals surface area contributed by atoms with Crippen molar-refractivity contribution in [2.75, 3.05) is 6.54 Å². The van der Waals surface area contributed by atoms with Crippen LogP contribution < -0.4 is 11.1 Å². The van der Waals surface area contributed by atoms with Crippen LogP contribution in [0.25, 0.3) is 0 Å². The summed E-state index contributed by atoms with van der Waals surface area (Å²) in [5.41, 5.74) is 6.13. The van der Waals surface area contributed by atoms with Gasteiger partial charge in [0.05, 0.1) is 6.04 Å². The third-order valence-electron chi connectivity index (χ3n) is 3.28. The lowest BCUT2D eigenvalue weighted by atomic mass is 10.0. The van der Waals surface area contributed by atoms with Crippen LogP contribution in [0.2, 0.25) is 0 Å². The molecule has 0 radical (unpaired) electrons. The molecule has 0 unspecified atom stereocenters. The lowest BCUT2D eigenvalue weighted by Gasteiger charge is -2.16. The molecular weight excluding hydrogens is 176 g/mol. The lowest BCUT2D eigenvalue weighted by molar-refractivity contribution is -0.122. The molecule has 1 aliphatic carbocycles. The molecule has 3 N–H and O–H groups in total. The number of amides is 1. The van der Waals surface area contributed by atoms with Gasteiger partial charge in [-0.15, -0.1) is 0 Å². The van der Waals surface area contributed by atoms with Crippen LogP contribution in [0.4, 0.5) is 0 Å². The zero-order chi connectivity index (χ0) is 10.6. The van der Waals surface area contributed by atoms with Crippen LogP contribution >= 0.6 is 0 Å². The molecule has 1 saturated carbocycles. The van der Waals surface area contributed by atoms with Crippen LogP contribution in [0, 0.1) is 5.41 Å². The standard InChI is InChI=1S/C11H22N2O/c1-3-5-9(12)10(14)13-8-11(4-2)6-7-11/h9H,3-8,12H2,1-2H3,(H,13,14)/t9-/m0/s1. The molecule has 0 aromatic heterocycles. The van der Waals surface area contributed by atoms with Crippen molar-refractivity contribution in [3.8, 4) is 0 Å². The Hall–Kier alpha value is -0.570. The number of carbonyl (C=O) groups excluding carboxylic acids is 1. The van der Waals surface area contributed by atoms with Crippen molar-refractivity contribution in [3.63, 3.8) is 0 Å². The van der Waals surface area contributed by atoms with E-state index in [0.717, 1.165) is 25.8 Å². The Morgan fingerprint density at radius 1 is 1.50 bits per heavy atom. The van der Waals surface area contributed by atoms with Crippen molar-refractivity contribution < 1.29 is 4.79 Å². The van der Waals surface area contributed by atoms with Crippen LogP contribution in [-0.2, 0) is 4.79 Å². The zero-order valence-corrected chi connectivity index (χ0v) is 9.31. The van der Waals surface area contributed by atoms with Crippen LogP contribution in [0.5, 0.6) is 0 Å². The Morgan fingerprint density at radius 2 is 2.14 bits per heavy atom. The first-order chi connectivity index (χ1) is 6.63.